The van der Waals surface area contributed by atoms with Crippen molar-refractivity contribution in [3.8, 4) is 0 Å². The number of thiazole rings is 1. The van der Waals surface area contributed by atoms with Gasteiger partial charge in [-0.3, -0.25) is 4.90 Å². The topological polar surface area (TPSA) is 53.4 Å². The number of aromatic nitrogens is 1. The van der Waals surface area contributed by atoms with Gasteiger partial charge >= 0.3 is 6.09 Å². The van der Waals surface area contributed by atoms with Crippen LogP contribution in [0.15, 0.2) is 18.2 Å². The molecule has 0 aliphatic heterocycles. The minimum absolute atomic E-state index is 0.639. The van der Waals surface area contributed by atoms with Crippen LogP contribution in [0.3, 0.4) is 0 Å². The van der Waals surface area contributed by atoms with Crippen molar-refractivity contribution in [1.29, 1.82) is 0 Å². The number of carbonyl (C=O) groups is 1. The largest absolute Gasteiger partial charge is 0.465 e. The minimum atomic E-state index is -0.971. The first-order valence-corrected chi connectivity index (χ1v) is 5.23. The van der Waals surface area contributed by atoms with Crippen LogP contribution in [0.1, 0.15) is 5.01 Å². The molecule has 1 amide bonds. The van der Waals surface area contributed by atoms with Crippen molar-refractivity contribution >= 4 is 33.3 Å². The number of hydrogen-bond acceptors (Lipinski definition) is 3. The summed E-state index contributed by atoms with van der Waals surface area (Å²) in [5.74, 6) is 0. The zero-order chi connectivity index (χ0) is 11.0. The summed E-state index contributed by atoms with van der Waals surface area (Å²) < 4.78 is 1.08. The number of anilines is 1. The summed E-state index contributed by atoms with van der Waals surface area (Å²) in [7, 11) is 1.52. The summed E-state index contributed by atoms with van der Waals surface area (Å²) in [6.45, 7) is 1.94. The minimum Gasteiger partial charge on any atom is -0.465 e. The molecule has 0 atom stereocenters. The molecule has 2 aromatic rings. The lowest BCUT2D eigenvalue weighted by atomic mass is 10.3. The molecular weight excluding hydrogens is 212 g/mol. The summed E-state index contributed by atoms with van der Waals surface area (Å²) in [4.78, 5) is 16.2. The van der Waals surface area contributed by atoms with Crippen molar-refractivity contribution in [1.82, 2.24) is 4.98 Å². The maximum absolute atomic E-state index is 10.7. The van der Waals surface area contributed by atoms with Crippen molar-refractivity contribution in [2.24, 2.45) is 0 Å². The van der Waals surface area contributed by atoms with Crippen LogP contribution in [0.4, 0.5) is 10.5 Å². The molecule has 5 heteroatoms. The molecule has 15 heavy (non-hydrogen) atoms. The number of rotatable bonds is 1. The molecule has 0 radical (unpaired) electrons. The number of aryl methyl sites for hydroxylation is 1. The van der Waals surface area contributed by atoms with Crippen molar-refractivity contribution in [3.63, 3.8) is 0 Å². The molecule has 78 valence electrons. The Morgan fingerprint density at radius 3 is 2.93 bits per heavy atom. The second kappa shape index (κ2) is 3.51. The molecule has 1 heterocycles. The van der Waals surface area contributed by atoms with Crippen molar-refractivity contribution in [3.05, 3.63) is 23.2 Å². The summed E-state index contributed by atoms with van der Waals surface area (Å²) in [5, 5.41) is 9.81. The van der Waals surface area contributed by atoms with Gasteiger partial charge in [0.15, 0.2) is 0 Å². The first kappa shape index (κ1) is 9.92. The molecule has 0 unspecified atom stereocenters. The Bertz CT molecular complexity index is 521. The number of fused-ring (bicyclic) bond motifs is 1. The molecule has 0 spiro atoms. The lowest BCUT2D eigenvalue weighted by Crippen LogP contribution is -2.23. The lowest BCUT2D eigenvalue weighted by molar-refractivity contribution is 0.203. The number of amides is 1. The first-order chi connectivity index (χ1) is 7.08. The van der Waals surface area contributed by atoms with Gasteiger partial charge in [0.2, 0.25) is 0 Å². The smallest absolute Gasteiger partial charge is 0.411 e. The Balaban J connectivity index is 2.50. The third kappa shape index (κ3) is 1.78. The van der Waals surface area contributed by atoms with E-state index >= 15 is 0 Å². The van der Waals surface area contributed by atoms with Gasteiger partial charge in [0.05, 0.1) is 15.2 Å². The highest BCUT2D eigenvalue weighted by Gasteiger charge is 2.09. The normalized spacial score (nSPS) is 10.5. The summed E-state index contributed by atoms with van der Waals surface area (Å²) in [6.07, 6.45) is -0.971. The number of nitrogens with zero attached hydrogens (tertiary/aromatic N) is 2. The Morgan fingerprint density at radius 1 is 1.53 bits per heavy atom. The third-order valence-electron chi connectivity index (χ3n) is 2.15. The quantitative estimate of drug-likeness (QED) is 0.807. The fraction of sp³-hybridized carbons (Fsp3) is 0.200. The zero-order valence-corrected chi connectivity index (χ0v) is 9.21. The van der Waals surface area contributed by atoms with Crippen LogP contribution in [0.25, 0.3) is 10.2 Å². The fourth-order valence-corrected chi connectivity index (χ4v) is 2.16. The molecule has 0 aliphatic rings. The Morgan fingerprint density at radius 2 is 2.27 bits per heavy atom. The van der Waals surface area contributed by atoms with Crippen LogP contribution in [0, 0.1) is 6.92 Å². The highest BCUT2D eigenvalue weighted by atomic mass is 32.1. The second-order valence-corrected chi connectivity index (χ2v) is 4.46. The highest BCUT2D eigenvalue weighted by molar-refractivity contribution is 7.18. The average Bonchev–Trinajstić information content (AvgIpc) is 2.55. The van der Waals surface area contributed by atoms with Gasteiger partial charge in [-0.1, -0.05) is 0 Å². The molecule has 0 saturated carbocycles. The highest BCUT2D eigenvalue weighted by Crippen LogP contribution is 2.25. The molecule has 1 aromatic carbocycles. The van der Waals surface area contributed by atoms with Gasteiger partial charge in [-0.2, -0.15) is 0 Å². The SMILES string of the molecule is Cc1nc2cc(N(C)C(=O)O)ccc2s1. The van der Waals surface area contributed by atoms with E-state index in [9.17, 15) is 4.79 Å². The van der Waals surface area contributed by atoms with E-state index in [1.165, 1.54) is 11.9 Å². The Hall–Kier alpha value is -1.62. The van der Waals surface area contributed by atoms with Gasteiger partial charge in [-0.15, -0.1) is 11.3 Å². The number of benzene rings is 1. The predicted octanol–water partition coefficient (Wildman–Crippen LogP) is 2.72. The van der Waals surface area contributed by atoms with Crippen molar-refractivity contribution < 1.29 is 9.90 Å². The summed E-state index contributed by atoms with van der Waals surface area (Å²) in [5.41, 5.74) is 1.49. The van der Waals surface area contributed by atoms with E-state index in [4.69, 9.17) is 5.11 Å². The second-order valence-electron chi connectivity index (χ2n) is 3.23. The van der Waals surface area contributed by atoms with Crippen LogP contribution >= 0.6 is 11.3 Å². The molecule has 4 nitrogen and oxygen atoms in total. The zero-order valence-electron chi connectivity index (χ0n) is 8.39. The van der Waals surface area contributed by atoms with Crippen molar-refractivity contribution in [2.45, 2.75) is 6.92 Å². The average molecular weight is 222 g/mol. The molecule has 2 rings (SSSR count). The van der Waals surface area contributed by atoms with Crippen LogP contribution < -0.4 is 4.90 Å². The van der Waals surface area contributed by atoms with Gasteiger partial charge < -0.3 is 5.11 Å². The maximum Gasteiger partial charge on any atom is 0.411 e. The van der Waals surface area contributed by atoms with E-state index in [0.29, 0.717) is 5.69 Å². The van der Waals surface area contributed by atoms with Crippen molar-refractivity contribution in [2.75, 3.05) is 11.9 Å². The van der Waals surface area contributed by atoms with E-state index < -0.39 is 6.09 Å². The number of hydrogen-bond donors (Lipinski definition) is 1. The molecule has 0 fully saturated rings. The van der Waals surface area contributed by atoms with Crippen LogP contribution in [0.2, 0.25) is 0 Å². The molecule has 0 saturated heterocycles. The van der Waals surface area contributed by atoms with Gasteiger partial charge in [0.25, 0.3) is 0 Å². The van der Waals surface area contributed by atoms with E-state index in [1.54, 1.807) is 23.5 Å². The first-order valence-electron chi connectivity index (χ1n) is 4.42. The van der Waals surface area contributed by atoms with Crippen LogP contribution in [0.5, 0.6) is 0 Å². The van der Waals surface area contributed by atoms with Gasteiger partial charge in [-0.05, 0) is 25.1 Å². The maximum atomic E-state index is 10.7. The Kier molecular flexibility index (Phi) is 2.32. The predicted molar refractivity (Wildman–Crippen MR) is 60.8 cm³/mol. The summed E-state index contributed by atoms with van der Waals surface area (Å²) >= 11 is 1.60. The molecule has 0 aliphatic carbocycles. The van der Waals surface area contributed by atoms with Gasteiger partial charge in [0, 0.05) is 12.7 Å². The van der Waals surface area contributed by atoms with Crippen LogP contribution in [-0.2, 0) is 0 Å². The van der Waals surface area contributed by atoms with Gasteiger partial charge in [0.1, 0.15) is 0 Å². The molecular formula is C10H10N2O2S. The fourth-order valence-electron chi connectivity index (χ4n) is 1.35. The molecule has 0 bridgehead atoms. The lowest BCUT2D eigenvalue weighted by Gasteiger charge is -2.12. The molecule has 1 N–H and O–H groups in total. The van der Waals surface area contributed by atoms with E-state index in [0.717, 1.165) is 15.2 Å². The summed E-state index contributed by atoms with van der Waals surface area (Å²) in [6, 6.07) is 5.47. The number of carboxylic acid groups (broad SMARTS) is 1. The van der Waals surface area contributed by atoms with E-state index in [-0.39, 0.29) is 0 Å². The monoisotopic (exact) mass is 222 g/mol. The van der Waals surface area contributed by atoms with E-state index in [2.05, 4.69) is 4.98 Å². The van der Waals surface area contributed by atoms with E-state index in [1.807, 2.05) is 13.0 Å². The Labute approximate surface area is 90.8 Å². The standard InChI is InChI=1S/C10H10N2O2S/c1-6-11-8-5-7(12(2)10(13)14)3-4-9(8)15-6/h3-5H,1-2H3,(H,13,14). The third-order valence-corrected chi connectivity index (χ3v) is 3.10. The molecule has 1 aromatic heterocycles. The van der Waals surface area contributed by atoms with Crippen LogP contribution in [-0.4, -0.2) is 23.2 Å². The van der Waals surface area contributed by atoms with Gasteiger partial charge in [-0.25, -0.2) is 9.78 Å².